The third-order valence-electron chi connectivity index (χ3n) is 4.28. The molecule has 0 aliphatic carbocycles. The van der Waals surface area contributed by atoms with Crippen molar-refractivity contribution in [3.63, 3.8) is 0 Å². The highest BCUT2D eigenvalue weighted by atomic mass is 35.5. The Morgan fingerprint density at radius 2 is 1.68 bits per heavy atom. The van der Waals surface area contributed by atoms with Crippen LogP contribution in [0, 0.1) is 0 Å². The van der Waals surface area contributed by atoms with Crippen molar-refractivity contribution in [3.8, 4) is 0 Å². The average Bonchev–Trinajstić information content (AvgIpc) is 3.31. The molecule has 7 nitrogen and oxygen atoms in total. The van der Waals surface area contributed by atoms with E-state index in [1.54, 1.807) is 10.8 Å². The predicted molar refractivity (Wildman–Crippen MR) is 123 cm³/mol. The summed E-state index contributed by atoms with van der Waals surface area (Å²) in [5, 5.41) is 4.97. The van der Waals surface area contributed by atoms with Gasteiger partial charge in [-0.3, -0.25) is 14.3 Å². The summed E-state index contributed by atoms with van der Waals surface area (Å²) in [5.41, 5.74) is -0.213. The van der Waals surface area contributed by atoms with Crippen LogP contribution in [0.3, 0.4) is 0 Å². The van der Waals surface area contributed by atoms with Gasteiger partial charge in [0.1, 0.15) is 5.71 Å². The summed E-state index contributed by atoms with van der Waals surface area (Å²) in [4.78, 5) is 24.6. The summed E-state index contributed by atoms with van der Waals surface area (Å²) >= 11 is 6.74. The summed E-state index contributed by atoms with van der Waals surface area (Å²) in [6, 6.07) is 13.4. The molecule has 2 aromatic carbocycles. The van der Waals surface area contributed by atoms with Crippen LogP contribution in [0.1, 0.15) is 26.5 Å². The number of alkyl halides is 3. The van der Waals surface area contributed by atoms with Crippen molar-refractivity contribution in [1.29, 1.82) is 0 Å². The number of sulfonamides is 1. The average molecular weight is 530 g/mol. The van der Waals surface area contributed by atoms with Gasteiger partial charge >= 0.3 is 6.18 Å². The van der Waals surface area contributed by atoms with Crippen LogP contribution >= 0.6 is 22.9 Å². The van der Waals surface area contributed by atoms with Crippen molar-refractivity contribution in [2.24, 2.45) is 5.10 Å². The van der Waals surface area contributed by atoms with Crippen LogP contribution in [0.15, 0.2) is 76.0 Å². The number of rotatable bonds is 8. The molecule has 1 amide bonds. The van der Waals surface area contributed by atoms with Gasteiger partial charge in [-0.15, -0.1) is 11.3 Å². The maximum absolute atomic E-state index is 13.4. The Hall–Kier alpha value is -3.22. The number of carbonyl (C=O) groups is 2. The van der Waals surface area contributed by atoms with Crippen molar-refractivity contribution in [2.75, 3.05) is 4.72 Å². The fourth-order valence-corrected chi connectivity index (χ4v) is 4.52. The number of anilines is 1. The number of carbonyl (C=O) groups excluding carboxylic acids is 2. The van der Waals surface area contributed by atoms with Gasteiger partial charge < -0.3 is 0 Å². The number of nitrogens with one attached hydrogen (secondary N) is 2. The first kappa shape index (κ1) is 25.4. The van der Waals surface area contributed by atoms with Crippen LogP contribution < -0.4 is 10.1 Å². The van der Waals surface area contributed by atoms with Crippen LogP contribution in [0.2, 0.25) is 5.02 Å². The predicted octanol–water partition coefficient (Wildman–Crippen LogP) is 5.12. The number of para-hydroxylation sites is 1. The Morgan fingerprint density at radius 1 is 1.00 bits per heavy atom. The van der Waals surface area contributed by atoms with Gasteiger partial charge in [0, 0.05) is 5.02 Å². The lowest BCUT2D eigenvalue weighted by atomic mass is 10.1. The number of halogens is 4. The quantitative estimate of drug-likeness (QED) is 0.240. The molecule has 3 rings (SSSR count). The largest absolute Gasteiger partial charge is 0.431 e. The van der Waals surface area contributed by atoms with Crippen molar-refractivity contribution >= 4 is 56.1 Å². The van der Waals surface area contributed by atoms with Gasteiger partial charge in [-0.25, -0.2) is 13.8 Å². The standard InChI is InChI=1S/C21H15ClF3N3O4S2/c22-13-7-9-14(10-8-13)34(31,32)28-16-5-2-1-4-15(16)20(30)27-26-19(21(23,24)25)12-17(29)18-6-3-11-33-18/h1-11,28H,12H2,(H,27,30). The number of hydrogen-bond donors (Lipinski definition) is 2. The van der Waals surface area contributed by atoms with E-state index in [1.165, 1.54) is 60.7 Å². The molecule has 3 aromatic rings. The van der Waals surface area contributed by atoms with Gasteiger partial charge in [-0.1, -0.05) is 29.8 Å². The topological polar surface area (TPSA) is 105 Å². The fraction of sp³-hybridized carbons (Fsp3) is 0.0952. The molecule has 0 bridgehead atoms. The number of ketones is 1. The van der Waals surface area contributed by atoms with Crippen molar-refractivity contribution in [1.82, 2.24) is 5.43 Å². The minimum atomic E-state index is -4.98. The molecule has 34 heavy (non-hydrogen) atoms. The first-order valence-electron chi connectivity index (χ1n) is 9.35. The molecule has 0 radical (unpaired) electrons. The highest BCUT2D eigenvalue weighted by Gasteiger charge is 2.37. The lowest BCUT2D eigenvalue weighted by molar-refractivity contribution is -0.0605. The van der Waals surface area contributed by atoms with E-state index in [4.69, 9.17) is 11.6 Å². The molecule has 13 heteroatoms. The number of hydrogen-bond acceptors (Lipinski definition) is 6. The molecule has 0 spiro atoms. The van der Waals surface area contributed by atoms with Gasteiger partial charge in [0.15, 0.2) is 5.78 Å². The molecule has 1 heterocycles. The van der Waals surface area contributed by atoms with Crippen molar-refractivity contribution < 1.29 is 31.2 Å². The number of amides is 1. The molecular formula is C21H15ClF3N3O4S2. The minimum absolute atomic E-state index is 0.116. The second-order valence-electron chi connectivity index (χ2n) is 6.68. The zero-order valence-electron chi connectivity index (χ0n) is 17.0. The second kappa shape index (κ2) is 10.4. The lowest BCUT2D eigenvalue weighted by Crippen LogP contribution is -2.30. The highest BCUT2D eigenvalue weighted by molar-refractivity contribution is 7.92. The van der Waals surface area contributed by atoms with E-state index in [2.05, 4.69) is 9.82 Å². The summed E-state index contributed by atoms with van der Waals surface area (Å²) in [6.45, 7) is 0. The smallest absolute Gasteiger partial charge is 0.293 e. The molecule has 2 N–H and O–H groups in total. The van der Waals surface area contributed by atoms with E-state index in [1.807, 2.05) is 0 Å². The van der Waals surface area contributed by atoms with Crippen LogP contribution in [-0.2, 0) is 10.0 Å². The Morgan fingerprint density at radius 3 is 2.29 bits per heavy atom. The molecule has 0 saturated heterocycles. The number of benzene rings is 2. The van der Waals surface area contributed by atoms with Crippen molar-refractivity contribution in [2.45, 2.75) is 17.5 Å². The Balaban J connectivity index is 1.82. The van der Waals surface area contributed by atoms with Crippen LogP contribution in [0.4, 0.5) is 18.9 Å². The number of thiophene rings is 1. The second-order valence-corrected chi connectivity index (χ2v) is 9.75. The van der Waals surface area contributed by atoms with E-state index >= 15 is 0 Å². The molecule has 178 valence electrons. The molecule has 0 fully saturated rings. The summed E-state index contributed by atoms with van der Waals surface area (Å²) in [5.74, 6) is -1.92. The molecule has 1 aromatic heterocycles. The summed E-state index contributed by atoms with van der Waals surface area (Å²) < 4.78 is 67.5. The van der Waals surface area contributed by atoms with Crippen LogP contribution in [0.25, 0.3) is 0 Å². The molecule has 0 atom stereocenters. The van der Waals surface area contributed by atoms with Gasteiger partial charge in [0.25, 0.3) is 15.9 Å². The molecule has 0 saturated carbocycles. The first-order chi connectivity index (χ1) is 16.0. The van der Waals surface area contributed by atoms with E-state index < -0.39 is 40.0 Å². The maximum Gasteiger partial charge on any atom is 0.431 e. The SMILES string of the molecule is O=C(CC(=NNC(=O)c1ccccc1NS(=O)(=O)c1ccc(Cl)cc1)C(F)(F)F)c1cccs1. The third kappa shape index (κ3) is 6.43. The Labute approximate surface area is 201 Å². The van der Waals surface area contributed by atoms with Crippen LogP contribution in [-0.4, -0.2) is 32.0 Å². The van der Waals surface area contributed by atoms with Gasteiger partial charge in [-0.2, -0.15) is 18.3 Å². The van der Waals surface area contributed by atoms with E-state index in [-0.39, 0.29) is 21.0 Å². The van der Waals surface area contributed by atoms with E-state index in [9.17, 15) is 31.2 Å². The Kier molecular flexibility index (Phi) is 7.75. The van der Waals surface area contributed by atoms with Gasteiger partial charge in [-0.05, 0) is 47.8 Å². The maximum atomic E-state index is 13.4. The Bertz CT molecular complexity index is 1320. The van der Waals surface area contributed by atoms with E-state index in [0.717, 1.165) is 11.3 Å². The van der Waals surface area contributed by atoms with Gasteiger partial charge in [0.05, 0.1) is 27.4 Å². The zero-order chi connectivity index (χ0) is 24.9. The number of hydrazone groups is 1. The molecule has 0 unspecified atom stereocenters. The number of Topliss-reactive ketones (excluding diaryl/α,β-unsaturated/α-hetero) is 1. The fourth-order valence-electron chi connectivity index (χ4n) is 2.65. The normalized spacial score (nSPS) is 12.3. The number of nitrogens with zero attached hydrogens (tertiary/aromatic N) is 1. The zero-order valence-corrected chi connectivity index (χ0v) is 19.4. The van der Waals surface area contributed by atoms with E-state index in [0.29, 0.717) is 5.02 Å². The van der Waals surface area contributed by atoms with Gasteiger partial charge in [0.2, 0.25) is 0 Å². The highest BCUT2D eigenvalue weighted by Crippen LogP contribution is 2.24. The van der Waals surface area contributed by atoms with Crippen LogP contribution in [0.5, 0.6) is 0 Å². The monoisotopic (exact) mass is 529 g/mol. The molecule has 0 aliphatic rings. The van der Waals surface area contributed by atoms with Crippen molar-refractivity contribution in [3.05, 3.63) is 81.5 Å². The molecular weight excluding hydrogens is 515 g/mol. The third-order valence-corrected chi connectivity index (χ3v) is 6.83. The minimum Gasteiger partial charge on any atom is -0.293 e. The first-order valence-corrected chi connectivity index (χ1v) is 12.1. The molecule has 0 aliphatic heterocycles. The lowest BCUT2D eigenvalue weighted by Gasteiger charge is -2.13. The summed E-state index contributed by atoms with van der Waals surface area (Å²) in [7, 11) is -4.13. The summed E-state index contributed by atoms with van der Waals surface area (Å²) in [6.07, 6.45) is -6.05.